The van der Waals surface area contributed by atoms with E-state index in [1.165, 1.54) is 16.7 Å². The van der Waals surface area contributed by atoms with Gasteiger partial charge in [-0.25, -0.2) is 0 Å². The van der Waals surface area contributed by atoms with Crippen LogP contribution in [0.3, 0.4) is 0 Å². The van der Waals surface area contributed by atoms with Crippen molar-refractivity contribution < 1.29 is 9.53 Å². The van der Waals surface area contributed by atoms with Crippen LogP contribution < -0.4 is 4.74 Å². The molecule has 1 unspecified atom stereocenters. The number of carbonyl (C=O) groups is 1. The van der Waals surface area contributed by atoms with Crippen LogP contribution in [0.15, 0.2) is 59.5 Å². The van der Waals surface area contributed by atoms with Crippen LogP contribution in [0.1, 0.15) is 24.2 Å². The molecule has 1 aliphatic heterocycles. The van der Waals surface area contributed by atoms with Crippen LogP contribution in [0.5, 0.6) is 5.75 Å². The number of likely N-dealkylation sites (N-methyl/N-ethyl adjacent to an activating group) is 1. The highest BCUT2D eigenvalue weighted by Crippen LogP contribution is 2.31. The highest BCUT2D eigenvalue weighted by molar-refractivity contribution is 8.26. The smallest absolute Gasteiger partial charge is 0.265 e. The van der Waals surface area contributed by atoms with Crippen LogP contribution in [0.2, 0.25) is 0 Å². The molecule has 0 aromatic heterocycles. The molecule has 3 rings (SSSR count). The van der Waals surface area contributed by atoms with Crippen molar-refractivity contribution >= 4 is 40.3 Å². The van der Waals surface area contributed by atoms with E-state index in [0.717, 1.165) is 16.9 Å². The maximum absolute atomic E-state index is 12.0. The third kappa shape index (κ3) is 3.68. The number of rotatable bonds is 4. The zero-order chi connectivity index (χ0) is 17.1. The predicted octanol–water partition coefficient (Wildman–Crippen LogP) is 4.66. The molecule has 1 fully saturated rings. The zero-order valence-electron chi connectivity index (χ0n) is 13.4. The zero-order valence-corrected chi connectivity index (χ0v) is 15.1. The third-order valence-electron chi connectivity index (χ3n) is 3.75. The summed E-state index contributed by atoms with van der Waals surface area (Å²) < 4.78 is 6.54. The molecule has 0 N–H and O–H groups in total. The van der Waals surface area contributed by atoms with Crippen molar-refractivity contribution in [2.24, 2.45) is 0 Å². The van der Waals surface area contributed by atoms with Gasteiger partial charge in [-0.1, -0.05) is 66.4 Å². The Bertz CT molecular complexity index is 785. The lowest BCUT2D eigenvalue weighted by Crippen LogP contribution is -2.22. The van der Waals surface area contributed by atoms with Crippen LogP contribution in [-0.2, 0) is 4.79 Å². The number of nitrogens with zero attached hydrogens (tertiary/aromatic N) is 1. The number of ether oxygens (including phenoxy) is 1. The monoisotopic (exact) mass is 355 g/mol. The van der Waals surface area contributed by atoms with E-state index in [1.807, 2.05) is 67.6 Å². The maximum Gasteiger partial charge on any atom is 0.265 e. The van der Waals surface area contributed by atoms with Crippen molar-refractivity contribution in [3.63, 3.8) is 0 Å². The van der Waals surface area contributed by atoms with Gasteiger partial charge in [-0.15, -0.1) is 0 Å². The van der Waals surface area contributed by atoms with Gasteiger partial charge in [-0.2, -0.15) is 0 Å². The van der Waals surface area contributed by atoms with Crippen molar-refractivity contribution in [3.05, 3.63) is 70.6 Å². The molecule has 1 atom stereocenters. The summed E-state index contributed by atoms with van der Waals surface area (Å²) in [5.74, 6) is 0.745. The second-order valence-corrected chi connectivity index (χ2v) is 7.16. The van der Waals surface area contributed by atoms with E-state index in [9.17, 15) is 4.79 Å². The predicted molar refractivity (Wildman–Crippen MR) is 103 cm³/mol. The summed E-state index contributed by atoms with van der Waals surface area (Å²) in [6.07, 6.45) is 1.83. The first-order chi connectivity index (χ1) is 11.5. The molecule has 0 bridgehead atoms. The van der Waals surface area contributed by atoms with Gasteiger partial charge in [-0.3, -0.25) is 9.69 Å². The summed E-state index contributed by atoms with van der Waals surface area (Å²) in [5.41, 5.74) is 2.08. The normalized spacial score (nSPS) is 17.4. The van der Waals surface area contributed by atoms with Crippen LogP contribution >= 0.6 is 24.0 Å². The first kappa shape index (κ1) is 16.7. The number of carbonyl (C=O) groups excluding carboxylic acids is 1. The van der Waals surface area contributed by atoms with Crippen molar-refractivity contribution in [1.82, 2.24) is 4.90 Å². The number of amides is 1. The first-order valence-electron chi connectivity index (χ1n) is 7.58. The van der Waals surface area contributed by atoms with Crippen molar-refractivity contribution in [2.75, 3.05) is 7.05 Å². The summed E-state index contributed by atoms with van der Waals surface area (Å²) in [4.78, 5) is 14.2. The van der Waals surface area contributed by atoms with Gasteiger partial charge >= 0.3 is 0 Å². The Morgan fingerprint density at radius 3 is 2.38 bits per heavy atom. The highest BCUT2D eigenvalue weighted by Gasteiger charge is 2.28. The largest absolute Gasteiger partial charge is 0.486 e. The van der Waals surface area contributed by atoms with Gasteiger partial charge < -0.3 is 4.74 Å². The molecule has 2 aromatic carbocycles. The van der Waals surface area contributed by atoms with Crippen molar-refractivity contribution in [1.29, 1.82) is 0 Å². The summed E-state index contributed by atoms with van der Waals surface area (Å²) in [6, 6.07) is 17.8. The van der Waals surface area contributed by atoms with Gasteiger partial charge in [0.1, 0.15) is 16.2 Å². The minimum absolute atomic E-state index is 0.0200. The van der Waals surface area contributed by atoms with Crippen molar-refractivity contribution in [2.45, 2.75) is 13.0 Å². The fourth-order valence-electron chi connectivity index (χ4n) is 2.34. The number of hydrogen-bond donors (Lipinski definition) is 0. The molecule has 0 spiro atoms. The number of hydrogen-bond acceptors (Lipinski definition) is 4. The molecule has 3 nitrogen and oxygen atoms in total. The molecule has 5 heteroatoms. The minimum atomic E-state index is -0.0528. The van der Waals surface area contributed by atoms with Gasteiger partial charge in [0.2, 0.25) is 0 Å². The lowest BCUT2D eigenvalue weighted by atomic mass is 10.1. The van der Waals surface area contributed by atoms with Gasteiger partial charge in [0.25, 0.3) is 5.91 Å². The molecule has 0 radical (unpaired) electrons. The van der Waals surface area contributed by atoms with Gasteiger partial charge in [-0.05, 0) is 36.3 Å². The van der Waals surface area contributed by atoms with Gasteiger partial charge in [0.15, 0.2) is 0 Å². The van der Waals surface area contributed by atoms with E-state index in [0.29, 0.717) is 9.23 Å². The minimum Gasteiger partial charge on any atom is -0.486 e. The Labute approximate surface area is 151 Å². The van der Waals surface area contributed by atoms with Gasteiger partial charge in [0, 0.05) is 7.05 Å². The Hall–Kier alpha value is -2.11. The van der Waals surface area contributed by atoms with E-state index >= 15 is 0 Å². The van der Waals surface area contributed by atoms with Crippen LogP contribution in [0, 0.1) is 0 Å². The highest BCUT2D eigenvalue weighted by atomic mass is 32.2. The Balaban J connectivity index is 1.70. The first-order valence-corrected chi connectivity index (χ1v) is 8.80. The molecule has 2 aromatic rings. The molecule has 0 saturated carbocycles. The fraction of sp³-hybridized carbons (Fsp3) is 0.158. The number of thiocarbonyl (C=S) groups is 1. The lowest BCUT2D eigenvalue weighted by Gasteiger charge is -2.15. The molecule has 1 heterocycles. The van der Waals surface area contributed by atoms with Gasteiger partial charge in [0.05, 0.1) is 4.91 Å². The Morgan fingerprint density at radius 2 is 1.79 bits per heavy atom. The van der Waals surface area contributed by atoms with Crippen LogP contribution in [-0.4, -0.2) is 22.2 Å². The molecular weight excluding hydrogens is 338 g/mol. The molecule has 122 valence electrons. The molecule has 0 aliphatic carbocycles. The quantitative estimate of drug-likeness (QED) is 0.589. The average Bonchev–Trinajstić information content (AvgIpc) is 2.84. The van der Waals surface area contributed by atoms with E-state index in [4.69, 9.17) is 17.0 Å². The number of benzene rings is 2. The topological polar surface area (TPSA) is 29.5 Å². The Morgan fingerprint density at radius 1 is 1.12 bits per heavy atom. The second-order valence-electron chi connectivity index (χ2n) is 5.48. The van der Waals surface area contributed by atoms with E-state index < -0.39 is 0 Å². The molecule has 24 heavy (non-hydrogen) atoms. The van der Waals surface area contributed by atoms with Crippen LogP contribution in [0.4, 0.5) is 0 Å². The number of thioether (sulfide) groups is 1. The summed E-state index contributed by atoms with van der Waals surface area (Å²) in [7, 11) is 1.69. The summed E-state index contributed by atoms with van der Waals surface area (Å²) in [5, 5.41) is 0. The lowest BCUT2D eigenvalue weighted by molar-refractivity contribution is -0.121. The second kappa shape index (κ2) is 7.20. The summed E-state index contributed by atoms with van der Waals surface area (Å²) >= 11 is 6.46. The van der Waals surface area contributed by atoms with E-state index in [2.05, 4.69) is 0 Å². The van der Waals surface area contributed by atoms with Crippen molar-refractivity contribution in [3.8, 4) is 5.75 Å². The molecule has 1 amide bonds. The van der Waals surface area contributed by atoms with E-state index in [1.54, 1.807) is 7.05 Å². The third-order valence-corrected chi connectivity index (χ3v) is 5.23. The molecular formula is C19H17NO2S2. The average molecular weight is 355 g/mol. The maximum atomic E-state index is 12.0. The van der Waals surface area contributed by atoms with E-state index in [-0.39, 0.29) is 12.0 Å². The fourth-order valence-corrected chi connectivity index (χ4v) is 3.52. The standard InChI is InChI=1S/C19H17NO2S2/c1-13(15-6-4-3-5-7-15)22-16-10-8-14(9-11-16)12-17-18(21)20(2)19(23)24-17/h3-13H,1-2H3. The molecule has 1 aliphatic rings. The SMILES string of the molecule is CC(Oc1ccc(C=C2SC(=S)N(C)C2=O)cc1)c1ccccc1. The summed E-state index contributed by atoms with van der Waals surface area (Å²) in [6.45, 7) is 2.02. The Kier molecular flexibility index (Phi) is 5.02. The van der Waals surface area contributed by atoms with Crippen LogP contribution in [0.25, 0.3) is 6.08 Å². The molecule has 1 saturated heterocycles.